The van der Waals surface area contributed by atoms with Gasteiger partial charge in [0.1, 0.15) is 9.94 Å². The zero-order valence-electron chi connectivity index (χ0n) is 11.3. The molecule has 1 amide bonds. The van der Waals surface area contributed by atoms with Crippen LogP contribution in [0, 0.1) is 6.92 Å². The third-order valence-electron chi connectivity index (χ3n) is 2.60. The number of thiazole rings is 1. The lowest BCUT2D eigenvalue weighted by molar-refractivity contribution is -0.130. The van der Waals surface area contributed by atoms with E-state index in [9.17, 15) is 9.90 Å². The Labute approximate surface area is 126 Å². The van der Waals surface area contributed by atoms with Gasteiger partial charge in [-0.2, -0.15) is 0 Å². The maximum atomic E-state index is 12.1. The van der Waals surface area contributed by atoms with Crippen molar-refractivity contribution in [2.24, 2.45) is 0 Å². The molecular weight excluding hydrogens is 292 g/mol. The highest BCUT2D eigenvalue weighted by atomic mass is 32.2. The van der Waals surface area contributed by atoms with Gasteiger partial charge in [0.15, 0.2) is 0 Å². The van der Waals surface area contributed by atoms with Crippen molar-refractivity contribution in [3.8, 4) is 0 Å². The van der Waals surface area contributed by atoms with Crippen LogP contribution in [-0.4, -0.2) is 27.4 Å². The number of amides is 1. The molecule has 0 aliphatic rings. The highest BCUT2D eigenvalue weighted by Gasteiger charge is 2.30. The van der Waals surface area contributed by atoms with Crippen molar-refractivity contribution in [2.45, 2.75) is 23.8 Å². The zero-order valence-corrected chi connectivity index (χ0v) is 12.9. The number of aromatic nitrogens is 1. The Morgan fingerprint density at radius 2 is 2.15 bits per heavy atom. The number of aliphatic hydroxyl groups is 1. The summed E-state index contributed by atoms with van der Waals surface area (Å²) in [6.45, 7) is 3.43. The van der Waals surface area contributed by atoms with Crippen LogP contribution in [0.15, 0.2) is 40.1 Å². The molecule has 0 fully saturated rings. The van der Waals surface area contributed by atoms with Gasteiger partial charge >= 0.3 is 0 Å². The number of carbonyl (C=O) groups excluding carboxylic acids is 1. The topological polar surface area (TPSA) is 62.2 Å². The molecule has 1 unspecified atom stereocenters. The molecule has 1 aromatic carbocycles. The lowest BCUT2D eigenvalue weighted by Crippen LogP contribution is -2.42. The number of aryl methyl sites for hydroxylation is 1. The van der Waals surface area contributed by atoms with Gasteiger partial charge < -0.3 is 10.4 Å². The van der Waals surface area contributed by atoms with Crippen LogP contribution in [0.5, 0.6) is 0 Å². The van der Waals surface area contributed by atoms with E-state index in [4.69, 9.17) is 0 Å². The molecular formula is C14H16N2O2S2. The van der Waals surface area contributed by atoms with Crippen molar-refractivity contribution in [3.63, 3.8) is 0 Å². The number of thioether (sulfide) groups is 1. The minimum atomic E-state index is -1.44. The molecule has 6 heteroatoms. The number of nitrogens with one attached hydrogen (secondary N) is 1. The van der Waals surface area contributed by atoms with Crippen LogP contribution in [0.4, 0.5) is 5.69 Å². The Hall–Kier alpha value is -1.37. The Morgan fingerprint density at radius 1 is 1.45 bits per heavy atom. The summed E-state index contributed by atoms with van der Waals surface area (Å²) in [6.07, 6.45) is 0. The van der Waals surface area contributed by atoms with Crippen LogP contribution >= 0.6 is 23.1 Å². The second kappa shape index (κ2) is 6.39. The molecule has 1 atom stereocenters. The van der Waals surface area contributed by atoms with Crippen LogP contribution < -0.4 is 5.32 Å². The summed E-state index contributed by atoms with van der Waals surface area (Å²) in [5.41, 5.74) is 0.179. The number of carbonyl (C=O) groups is 1. The van der Waals surface area contributed by atoms with E-state index in [-0.39, 0.29) is 5.75 Å². The largest absolute Gasteiger partial charge is 0.379 e. The van der Waals surface area contributed by atoms with Gasteiger partial charge in [0.2, 0.25) is 0 Å². The lowest BCUT2D eigenvalue weighted by Gasteiger charge is -2.21. The number of para-hydroxylation sites is 1. The monoisotopic (exact) mass is 308 g/mol. The van der Waals surface area contributed by atoms with Crippen LogP contribution in [0.25, 0.3) is 0 Å². The number of nitrogens with zero attached hydrogens (tertiary/aromatic N) is 1. The minimum Gasteiger partial charge on any atom is -0.379 e. The lowest BCUT2D eigenvalue weighted by atomic mass is 10.1. The van der Waals surface area contributed by atoms with Crippen molar-refractivity contribution in [2.75, 3.05) is 11.1 Å². The van der Waals surface area contributed by atoms with Crippen molar-refractivity contribution >= 4 is 34.7 Å². The molecule has 0 aliphatic carbocycles. The normalized spacial score (nSPS) is 13.8. The van der Waals surface area contributed by atoms with Crippen LogP contribution in [-0.2, 0) is 4.79 Å². The number of hydrogen-bond acceptors (Lipinski definition) is 5. The molecule has 4 nitrogen and oxygen atoms in total. The number of rotatable bonds is 5. The number of benzene rings is 1. The van der Waals surface area contributed by atoms with E-state index in [0.717, 1.165) is 10.0 Å². The number of hydrogen-bond donors (Lipinski definition) is 2. The van der Waals surface area contributed by atoms with Gasteiger partial charge in [-0.25, -0.2) is 4.98 Å². The number of anilines is 1. The van der Waals surface area contributed by atoms with Crippen LogP contribution in [0.2, 0.25) is 0 Å². The quantitative estimate of drug-likeness (QED) is 0.834. The molecule has 20 heavy (non-hydrogen) atoms. The predicted molar refractivity (Wildman–Crippen MR) is 83.3 cm³/mol. The van der Waals surface area contributed by atoms with Crippen molar-refractivity contribution in [1.29, 1.82) is 0 Å². The van der Waals surface area contributed by atoms with Gasteiger partial charge in [0.05, 0.1) is 0 Å². The van der Waals surface area contributed by atoms with Gasteiger partial charge in [-0.3, -0.25) is 4.79 Å². The molecule has 1 heterocycles. The molecule has 1 aromatic heterocycles. The Morgan fingerprint density at radius 3 is 2.75 bits per heavy atom. The smallest absolute Gasteiger partial charge is 0.256 e. The molecule has 0 aliphatic heterocycles. The van der Waals surface area contributed by atoms with Crippen LogP contribution in [0.1, 0.15) is 12.6 Å². The fourth-order valence-electron chi connectivity index (χ4n) is 1.45. The summed E-state index contributed by atoms with van der Waals surface area (Å²) < 4.78 is 0.857. The fraction of sp³-hybridized carbons (Fsp3) is 0.286. The minimum absolute atomic E-state index is 0.263. The molecule has 0 saturated heterocycles. The second-order valence-electron chi connectivity index (χ2n) is 4.64. The first-order chi connectivity index (χ1) is 9.47. The zero-order chi connectivity index (χ0) is 14.6. The van der Waals surface area contributed by atoms with E-state index < -0.39 is 11.5 Å². The van der Waals surface area contributed by atoms with Crippen molar-refractivity contribution in [1.82, 2.24) is 4.98 Å². The fourth-order valence-corrected chi connectivity index (χ4v) is 3.31. The van der Waals surface area contributed by atoms with E-state index in [1.165, 1.54) is 30.0 Å². The third kappa shape index (κ3) is 4.06. The van der Waals surface area contributed by atoms with Crippen LogP contribution in [0.3, 0.4) is 0 Å². The van der Waals surface area contributed by atoms with E-state index in [0.29, 0.717) is 5.69 Å². The first kappa shape index (κ1) is 15.0. The SMILES string of the molecule is Cc1csc(SCC(C)(O)C(=O)Nc2ccccc2)n1. The van der Waals surface area contributed by atoms with Gasteiger partial charge in [0, 0.05) is 22.5 Å². The first-order valence-corrected chi connectivity index (χ1v) is 7.98. The summed E-state index contributed by atoms with van der Waals surface area (Å²) in [6, 6.07) is 9.10. The first-order valence-electron chi connectivity index (χ1n) is 6.11. The van der Waals surface area contributed by atoms with E-state index >= 15 is 0 Å². The van der Waals surface area contributed by atoms with Crippen molar-refractivity contribution in [3.05, 3.63) is 41.4 Å². The van der Waals surface area contributed by atoms with E-state index in [2.05, 4.69) is 10.3 Å². The Kier molecular flexibility index (Phi) is 4.80. The molecule has 2 N–H and O–H groups in total. The predicted octanol–water partition coefficient (Wildman–Crippen LogP) is 2.93. The van der Waals surface area contributed by atoms with Gasteiger partial charge in [0.25, 0.3) is 5.91 Å². The van der Waals surface area contributed by atoms with Gasteiger partial charge in [-0.05, 0) is 26.0 Å². The summed E-state index contributed by atoms with van der Waals surface area (Å²) in [5.74, 6) is -0.150. The Bertz CT molecular complexity index is 582. The second-order valence-corrected chi connectivity index (χ2v) is 6.72. The van der Waals surface area contributed by atoms with Gasteiger partial charge in [-0.1, -0.05) is 30.0 Å². The standard InChI is InChI=1S/C14H16N2O2S2/c1-10-8-19-13(15-10)20-9-14(2,18)12(17)16-11-6-4-3-5-7-11/h3-8,18H,9H2,1-2H3,(H,16,17). The summed E-state index contributed by atoms with van der Waals surface area (Å²) in [7, 11) is 0. The summed E-state index contributed by atoms with van der Waals surface area (Å²) in [5, 5.41) is 14.9. The van der Waals surface area contributed by atoms with E-state index in [1.54, 1.807) is 12.1 Å². The summed E-state index contributed by atoms with van der Waals surface area (Å²) >= 11 is 2.90. The molecule has 106 valence electrons. The molecule has 2 rings (SSSR count). The third-order valence-corrected chi connectivity index (χ3v) is 5.03. The molecule has 0 radical (unpaired) electrons. The average molecular weight is 308 g/mol. The highest BCUT2D eigenvalue weighted by molar-refractivity contribution is 8.01. The maximum Gasteiger partial charge on any atom is 0.256 e. The highest BCUT2D eigenvalue weighted by Crippen LogP contribution is 2.26. The summed E-state index contributed by atoms with van der Waals surface area (Å²) in [4.78, 5) is 16.4. The molecule has 0 saturated carbocycles. The molecule has 0 bridgehead atoms. The van der Waals surface area contributed by atoms with Crippen molar-refractivity contribution < 1.29 is 9.90 Å². The maximum absolute atomic E-state index is 12.1. The Balaban J connectivity index is 1.93. The van der Waals surface area contributed by atoms with E-state index in [1.807, 2.05) is 30.5 Å². The molecule has 2 aromatic rings. The van der Waals surface area contributed by atoms with Gasteiger partial charge in [-0.15, -0.1) is 11.3 Å². The average Bonchev–Trinajstić information content (AvgIpc) is 2.83. The molecule has 0 spiro atoms.